The van der Waals surface area contributed by atoms with Gasteiger partial charge < -0.3 is 13.9 Å². The summed E-state index contributed by atoms with van der Waals surface area (Å²) in [6, 6.07) is 5.91. The Bertz CT molecular complexity index is 1020. The summed E-state index contributed by atoms with van der Waals surface area (Å²) < 4.78 is 17.5. The smallest absolute Gasteiger partial charge is 0.331 e. The van der Waals surface area contributed by atoms with Crippen molar-refractivity contribution in [3.05, 3.63) is 51.9 Å². The Morgan fingerprint density at radius 2 is 2.03 bits per heavy atom. The first-order valence-electron chi connectivity index (χ1n) is 9.88. The van der Waals surface area contributed by atoms with Gasteiger partial charge in [-0.25, -0.2) is 4.79 Å². The number of ether oxygens (including phenoxy) is 2. The van der Waals surface area contributed by atoms with Crippen LogP contribution in [-0.2, 0) is 16.1 Å². The van der Waals surface area contributed by atoms with E-state index in [2.05, 4.69) is 21.2 Å². The van der Waals surface area contributed by atoms with Crippen molar-refractivity contribution < 1.29 is 28.3 Å². The van der Waals surface area contributed by atoms with E-state index < -0.39 is 17.8 Å². The second-order valence-electron chi connectivity index (χ2n) is 6.89. The Hall–Kier alpha value is -3.07. The van der Waals surface area contributed by atoms with Crippen molar-refractivity contribution in [2.24, 2.45) is 0 Å². The molecule has 1 N–H and O–H groups in total. The summed E-state index contributed by atoms with van der Waals surface area (Å²) >= 11 is 3.49. The molecule has 1 aliphatic heterocycles. The highest BCUT2D eigenvalue weighted by Gasteiger charge is 2.36. The molecule has 1 saturated heterocycles. The normalized spacial score (nSPS) is 16.5. The summed E-state index contributed by atoms with van der Waals surface area (Å²) in [4.78, 5) is 38.4. The zero-order valence-electron chi connectivity index (χ0n) is 17.4. The van der Waals surface area contributed by atoms with Gasteiger partial charge in [0.05, 0.1) is 30.0 Å². The van der Waals surface area contributed by atoms with Gasteiger partial charge in [-0.2, -0.15) is 0 Å². The Morgan fingerprint density at radius 1 is 1.26 bits per heavy atom. The quantitative estimate of drug-likeness (QED) is 0.437. The molecule has 0 radical (unpaired) electrons. The van der Waals surface area contributed by atoms with E-state index in [1.54, 1.807) is 24.3 Å². The van der Waals surface area contributed by atoms with Crippen LogP contribution in [0.15, 0.2) is 45.0 Å². The van der Waals surface area contributed by atoms with Gasteiger partial charge in [0.2, 0.25) is 0 Å². The van der Waals surface area contributed by atoms with Crippen LogP contribution in [0.25, 0.3) is 6.08 Å². The highest BCUT2D eigenvalue weighted by atomic mass is 79.9. The summed E-state index contributed by atoms with van der Waals surface area (Å²) in [6.07, 6.45) is 3.66. The summed E-state index contributed by atoms with van der Waals surface area (Å²) in [7, 11) is 0. The SMILES string of the molecule is CCOc1cc(C=C2C(=O)NC(=O)N(Cc3ccco3)C2=O)cc(Br)c1OC(C)CC. The number of nitrogens with zero attached hydrogens (tertiary/aromatic N) is 1. The molecule has 4 amide bonds. The van der Waals surface area contributed by atoms with E-state index in [9.17, 15) is 14.4 Å². The van der Waals surface area contributed by atoms with E-state index in [0.29, 0.717) is 33.9 Å². The van der Waals surface area contributed by atoms with Gasteiger partial charge in [-0.1, -0.05) is 6.92 Å². The number of furan rings is 1. The molecule has 0 spiro atoms. The molecule has 1 aromatic carbocycles. The van der Waals surface area contributed by atoms with Crippen LogP contribution in [0.5, 0.6) is 11.5 Å². The average Bonchev–Trinajstić information content (AvgIpc) is 3.24. The van der Waals surface area contributed by atoms with Gasteiger partial charge in [-0.05, 0) is 72.1 Å². The number of imide groups is 2. The van der Waals surface area contributed by atoms with Crippen molar-refractivity contribution in [2.75, 3.05) is 6.61 Å². The van der Waals surface area contributed by atoms with Gasteiger partial charge in [0.15, 0.2) is 11.5 Å². The molecule has 1 unspecified atom stereocenters. The number of nitrogens with one attached hydrogen (secondary N) is 1. The first-order valence-corrected chi connectivity index (χ1v) is 10.7. The monoisotopic (exact) mass is 490 g/mol. The van der Waals surface area contributed by atoms with Crippen molar-refractivity contribution in [3.8, 4) is 11.5 Å². The molecule has 164 valence electrons. The van der Waals surface area contributed by atoms with Crippen LogP contribution in [0.1, 0.15) is 38.5 Å². The number of urea groups is 1. The number of halogens is 1. The lowest BCUT2D eigenvalue weighted by Gasteiger charge is -2.25. The third kappa shape index (κ3) is 5.16. The molecule has 31 heavy (non-hydrogen) atoms. The molecule has 3 rings (SSSR count). The van der Waals surface area contributed by atoms with E-state index in [0.717, 1.165) is 11.3 Å². The molecule has 2 heterocycles. The molecule has 0 bridgehead atoms. The van der Waals surface area contributed by atoms with Crippen LogP contribution in [0.2, 0.25) is 0 Å². The number of rotatable bonds is 8. The topological polar surface area (TPSA) is 98.1 Å². The molecular weight excluding hydrogens is 468 g/mol. The Kier molecular flexibility index (Phi) is 7.17. The summed E-state index contributed by atoms with van der Waals surface area (Å²) in [5.74, 6) is -0.0207. The van der Waals surface area contributed by atoms with Crippen LogP contribution in [0.3, 0.4) is 0 Å². The van der Waals surface area contributed by atoms with Crippen molar-refractivity contribution in [1.82, 2.24) is 10.2 Å². The van der Waals surface area contributed by atoms with Crippen molar-refractivity contribution in [2.45, 2.75) is 39.8 Å². The average molecular weight is 491 g/mol. The lowest BCUT2D eigenvalue weighted by Crippen LogP contribution is -2.53. The van der Waals surface area contributed by atoms with E-state index >= 15 is 0 Å². The van der Waals surface area contributed by atoms with Crippen LogP contribution in [0.4, 0.5) is 4.79 Å². The summed E-state index contributed by atoms with van der Waals surface area (Å²) in [5.41, 5.74) is 0.369. The predicted molar refractivity (Wildman–Crippen MR) is 116 cm³/mol. The van der Waals surface area contributed by atoms with Crippen LogP contribution < -0.4 is 14.8 Å². The Labute approximate surface area is 188 Å². The number of carbonyl (C=O) groups excluding carboxylic acids is 3. The minimum Gasteiger partial charge on any atom is -0.490 e. The van der Waals surface area contributed by atoms with Gasteiger partial charge in [-0.15, -0.1) is 0 Å². The standard InChI is InChI=1S/C22H23BrN2O6/c1-4-13(3)31-19-17(23)10-14(11-18(19)29-5-2)9-16-20(26)24-22(28)25(21(16)27)12-15-7-6-8-30-15/h6-11,13H,4-5,12H2,1-3H3,(H,24,26,28). The second kappa shape index (κ2) is 9.82. The van der Waals surface area contributed by atoms with Crippen LogP contribution >= 0.6 is 15.9 Å². The third-order valence-electron chi connectivity index (χ3n) is 4.62. The van der Waals surface area contributed by atoms with E-state index in [1.807, 2.05) is 20.8 Å². The second-order valence-corrected chi connectivity index (χ2v) is 7.74. The number of hydrogen-bond donors (Lipinski definition) is 1. The molecule has 1 atom stereocenters. The number of benzene rings is 1. The predicted octanol–water partition coefficient (Wildman–Crippen LogP) is 4.28. The molecule has 0 aliphatic carbocycles. The molecule has 0 saturated carbocycles. The lowest BCUT2D eigenvalue weighted by atomic mass is 10.1. The lowest BCUT2D eigenvalue weighted by molar-refractivity contribution is -0.130. The maximum Gasteiger partial charge on any atom is 0.331 e. The highest BCUT2D eigenvalue weighted by Crippen LogP contribution is 2.38. The van der Waals surface area contributed by atoms with Gasteiger partial charge >= 0.3 is 6.03 Å². The molecule has 8 nitrogen and oxygen atoms in total. The number of hydrogen-bond acceptors (Lipinski definition) is 6. The minimum absolute atomic E-state index is 0.0217. The maximum absolute atomic E-state index is 12.9. The fourth-order valence-corrected chi connectivity index (χ4v) is 3.45. The van der Waals surface area contributed by atoms with Crippen molar-refractivity contribution in [1.29, 1.82) is 0 Å². The zero-order valence-corrected chi connectivity index (χ0v) is 19.0. The first kappa shape index (κ1) is 22.6. The van der Waals surface area contributed by atoms with Gasteiger partial charge in [-0.3, -0.25) is 19.8 Å². The summed E-state index contributed by atoms with van der Waals surface area (Å²) in [5, 5.41) is 2.19. The molecule has 1 aliphatic rings. The molecule has 1 aromatic heterocycles. The van der Waals surface area contributed by atoms with E-state index in [-0.39, 0.29) is 18.2 Å². The third-order valence-corrected chi connectivity index (χ3v) is 5.21. The van der Waals surface area contributed by atoms with Crippen molar-refractivity contribution in [3.63, 3.8) is 0 Å². The molecule has 9 heteroatoms. The van der Waals surface area contributed by atoms with Crippen LogP contribution in [0, 0.1) is 0 Å². The maximum atomic E-state index is 12.9. The van der Waals surface area contributed by atoms with Gasteiger partial charge in [0.1, 0.15) is 11.3 Å². The molecule has 1 fully saturated rings. The van der Waals surface area contributed by atoms with E-state index in [4.69, 9.17) is 13.9 Å². The molecular formula is C22H23BrN2O6. The minimum atomic E-state index is -0.794. The van der Waals surface area contributed by atoms with Gasteiger partial charge in [0.25, 0.3) is 11.8 Å². The highest BCUT2D eigenvalue weighted by molar-refractivity contribution is 9.10. The first-order chi connectivity index (χ1) is 14.8. The van der Waals surface area contributed by atoms with Crippen molar-refractivity contribution >= 4 is 39.9 Å². The van der Waals surface area contributed by atoms with Gasteiger partial charge in [0, 0.05) is 0 Å². The number of barbiturate groups is 1. The number of carbonyl (C=O) groups is 3. The Balaban J connectivity index is 1.95. The largest absolute Gasteiger partial charge is 0.490 e. The fraction of sp³-hybridized carbons (Fsp3) is 0.318. The fourth-order valence-electron chi connectivity index (χ4n) is 2.90. The van der Waals surface area contributed by atoms with E-state index in [1.165, 1.54) is 12.3 Å². The Morgan fingerprint density at radius 3 is 2.68 bits per heavy atom. The zero-order chi connectivity index (χ0) is 22.5. The van der Waals surface area contributed by atoms with Crippen LogP contribution in [-0.4, -0.2) is 35.5 Å². The number of amides is 4. The molecule has 2 aromatic rings. The summed E-state index contributed by atoms with van der Waals surface area (Å²) in [6.45, 7) is 6.14.